The minimum absolute atomic E-state index is 0.116. The van der Waals surface area contributed by atoms with Gasteiger partial charge in [-0.05, 0) is 31.4 Å². The van der Waals surface area contributed by atoms with Crippen molar-refractivity contribution in [3.63, 3.8) is 0 Å². The Morgan fingerprint density at radius 2 is 2.06 bits per heavy atom. The van der Waals surface area contributed by atoms with Gasteiger partial charge < -0.3 is 10.6 Å². The third-order valence-corrected chi connectivity index (χ3v) is 2.44. The minimum atomic E-state index is -0.116. The summed E-state index contributed by atoms with van der Waals surface area (Å²) >= 11 is 0. The number of anilines is 1. The quantitative estimate of drug-likeness (QED) is 0.823. The van der Waals surface area contributed by atoms with Crippen LogP contribution in [0.15, 0.2) is 18.2 Å². The van der Waals surface area contributed by atoms with Crippen LogP contribution in [0.4, 0.5) is 5.82 Å². The van der Waals surface area contributed by atoms with Crippen LogP contribution in [-0.2, 0) is 0 Å². The van der Waals surface area contributed by atoms with E-state index in [1.165, 1.54) is 0 Å². The monoisotopic (exact) mass is 235 g/mol. The van der Waals surface area contributed by atoms with Crippen LogP contribution in [-0.4, -0.2) is 24.0 Å². The van der Waals surface area contributed by atoms with Crippen molar-refractivity contribution in [2.24, 2.45) is 5.92 Å². The van der Waals surface area contributed by atoms with Crippen molar-refractivity contribution in [3.8, 4) is 0 Å². The Balaban J connectivity index is 2.63. The predicted octanol–water partition coefficient (Wildman–Crippen LogP) is 2.29. The summed E-state index contributed by atoms with van der Waals surface area (Å²) in [6.45, 7) is 6.30. The lowest BCUT2D eigenvalue weighted by molar-refractivity contribution is 0.0931. The maximum Gasteiger partial charge on any atom is 0.270 e. The van der Waals surface area contributed by atoms with Crippen LogP contribution in [0.3, 0.4) is 0 Å². The van der Waals surface area contributed by atoms with Gasteiger partial charge in [0.1, 0.15) is 11.5 Å². The van der Waals surface area contributed by atoms with Crippen molar-refractivity contribution in [3.05, 3.63) is 23.9 Å². The molecule has 0 spiro atoms. The van der Waals surface area contributed by atoms with E-state index < -0.39 is 0 Å². The van der Waals surface area contributed by atoms with Crippen molar-refractivity contribution in [2.75, 3.05) is 12.4 Å². The summed E-state index contributed by atoms with van der Waals surface area (Å²) in [6.07, 6.45) is 0.970. The first-order valence-corrected chi connectivity index (χ1v) is 5.98. The highest BCUT2D eigenvalue weighted by Gasteiger charge is 2.12. The van der Waals surface area contributed by atoms with Gasteiger partial charge in [0, 0.05) is 13.1 Å². The number of carbonyl (C=O) groups excluding carboxylic acids is 1. The highest BCUT2D eigenvalue weighted by molar-refractivity contribution is 5.92. The van der Waals surface area contributed by atoms with Crippen molar-refractivity contribution in [1.29, 1.82) is 0 Å². The number of hydrogen-bond donors (Lipinski definition) is 2. The largest absolute Gasteiger partial charge is 0.373 e. The number of pyridine rings is 1. The Morgan fingerprint density at radius 1 is 1.35 bits per heavy atom. The number of rotatable bonds is 5. The maximum absolute atomic E-state index is 11.9. The van der Waals surface area contributed by atoms with E-state index in [2.05, 4.69) is 29.5 Å². The summed E-state index contributed by atoms with van der Waals surface area (Å²) < 4.78 is 0. The van der Waals surface area contributed by atoms with Crippen LogP contribution in [0.2, 0.25) is 0 Å². The molecule has 17 heavy (non-hydrogen) atoms. The molecule has 0 saturated heterocycles. The van der Waals surface area contributed by atoms with E-state index in [1.807, 2.05) is 19.1 Å². The number of nitrogens with zero attached hydrogens (tertiary/aromatic N) is 1. The molecule has 1 aromatic rings. The molecule has 0 aromatic carbocycles. The smallest absolute Gasteiger partial charge is 0.270 e. The second kappa shape index (κ2) is 6.23. The molecule has 1 aromatic heterocycles. The second-order valence-electron chi connectivity index (χ2n) is 4.66. The van der Waals surface area contributed by atoms with E-state index in [9.17, 15) is 4.79 Å². The summed E-state index contributed by atoms with van der Waals surface area (Å²) in [6, 6.07) is 5.54. The third-order valence-electron chi connectivity index (χ3n) is 2.44. The Bertz CT molecular complexity index is 377. The summed E-state index contributed by atoms with van der Waals surface area (Å²) in [5, 5.41) is 5.87. The Hall–Kier alpha value is -1.58. The van der Waals surface area contributed by atoms with E-state index in [0.717, 1.165) is 6.42 Å². The lowest BCUT2D eigenvalue weighted by Gasteiger charge is -2.15. The fourth-order valence-electron chi connectivity index (χ4n) is 1.76. The average Bonchev–Trinajstić information content (AvgIpc) is 2.27. The highest BCUT2D eigenvalue weighted by atomic mass is 16.1. The number of carbonyl (C=O) groups is 1. The third kappa shape index (κ3) is 4.43. The Labute approximate surface area is 103 Å². The van der Waals surface area contributed by atoms with Gasteiger partial charge in [0.15, 0.2) is 0 Å². The van der Waals surface area contributed by atoms with Crippen LogP contribution < -0.4 is 10.6 Å². The molecular formula is C13H21N3O. The van der Waals surface area contributed by atoms with E-state index in [-0.39, 0.29) is 11.9 Å². The molecule has 4 heteroatoms. The zero-order chi connectivity index (χ0) is 12.8. The molecule has 1 amide bonds. The molecule has 0 bridgehead atoms. The fourth-order valence-corrected chi connectivity index (χ4v) is 1.76. The van der Waals surface area contributed by atoms with Gasteiger partial charge in [-0.15, -0.1) is 0 Å². The molecule has 94 valence electrons. The molecule has 4 nitrogen and oxygen atoms in total. The first-order chi connectivity index (χ1) is 8.02. The van der Waals surface area contributed by atoms with Gasteiger partial charge in [-0.2, -0.15) is 0 Å². The van der Waals surface area contributed by atoms with Crippen molar-refractivity contribution >= 4 is 11.7 Å². The molecule has 1 heterocycles. The first-order valence-electron chi connectivity index (χ1n) is 5.98. The zero-order valence-corrected chi connectivity index (χ0v) is 10.9. The molecule has 1 atom stereocenters. The molecule has 2 N–H and O–H groups in total. The van der Waals surface area contributed by atoms with Crippen LogP contribution in [0.1, 0.15) is 37.7 Å². The van der Waals surface area contributed by atoms with E-state index in [0.29, 0.717) is 17.4 Å². The van der Waals surface area contributed by atoms with Gasteiger partial charge in [-0.1, -0.05) is 19.9 Å². The van der Waals surface area contributed by atoms with Gasteiger partial charge in [0.25, 0.3) is 5.91 Å². The average molecular weight is 235 g/mol. The van der Waals surface area contributed by atoms with Gasteiger partial charge >= 0.3 is 0 Å². The topological polar surface area (TPSA) is 54.0 Å². The summed E-state index contributed by atoms with van der Waals surface area (Å²) in [4.78, 5) is 16.1. The number of amides is 1. The van der Waals surface area contributed by atoms with Crippen molar-refractivity contribution in [1.82, 2.24) is 10.3 Å². The van der Waals surface area contributed by atoms with E-state index in [1.54, 1.807) is 13.1 Å². The normalized spacial score (nSPS) is 12.3. The summed E-state index contributed by atoms with van der Waals surface area (Å²) in [5.74, 6) is 1.16. The van der Waals surface area contributed by atoms with E-state index >= 15 is 0 Å². The molecule has 0 radical (unpaired) electrons. The summed E-state index contributed by atoms with van der Waals surface area (Å²) in [7, 11) is 1.78. The standard InChI is InChI=1S/C13H21N3O/c1-9(2)8-10(3)15-13(17)11-6-5-7-12(14-4)16-11/h5-7,9-10H,8H2,1-4H3,(H,14,16)(H,15,17). The lowest BCUT2D eigenvalue weighted by atomic mass is 10.1. The lowest BCUT2D eigenvalue weighted by Crippen LogP contribution is -2.34. The van der Waals surface area contributed by atoms with Gasteiger partial charge in [0.05, 0.1) is 0 Å². The second-order valence-corrected chi connectivity index (χ2v) is 4.66. The molecule has 0 saturated carbocycles. The van der Waals surface area contributed by atoms with Crippen LogP contribution >= 0.6 is 0 Å². The van der Waals surface area contributed by atoms with Crippen molar-refractivity contribution in [2.45, 2.75) is 33.2 Å². The van der Waals surface area contributed by atoms with Crippen LogP contribution in [0.25, 0.3) is 0 Å². The van der Waals surface area contributed by atoms with Gasteiger partial charge in [0.2, 0.25) is 0 Å². The number of nitrogens with one attached hydrogen (secondary N) is 2. The predicted molar refractivity (Wildman–Crippen MR) is 70.2 cm³/mol. The zero-order valence-electron chi connectivity index (χ0n) is 10.9. The molecule has 1 unspecified atom stereocenters. The highest BCUT2D eigenvalue weighted by Crippen LogP contribution is 2.07. The molecule has 0 aliphatic rings. The number of aromatic nitrogens is 1. The fraction of sp³-hybridized carbons (Fsp3) is 0.538. The van der Waals surface area contributed by atoms with Crippen molar-refractivity contribution < 1.29 is 4.79 Å². The van der Waals surface area contributed by atoms with E-state index in [4.69, 9.17) is 0 Å². The Kier molecular flexibility index (Phi) is 4.94. The molecule has 0 aliphatic carbocycles. The molecule has 1 rings (SSSR count). The van der Waals surface area contributed by atoms with Crippen LogP contribution in [0, 0.1) is 5.92 Å². The number of hydrogen-bond acceptors (Lipinski definition) is 3. The maximum atomic E-state index is 11.9. The SMILES string of the molecule is CNc1cccc(C(=O)NC(C)CC(C)C)n1. The minimum Gasteiger partial charge on any atom is -0.373 e. The molecule has 0 fully saturated rings. The Morgan fingerprint density at radius 3 is 2.65 bits per heavy atom. The molecular weight excluding hydrogens is 214 g/mol. The summed E-state index contributed by atoms with van der Waals surface area (Å²) in [5.41, 5.74) is 0.451. The molecule has 0 aliphatic heterocycles. The van der Waals surface area contributed by atoms with Gasteiger partial charge in [-0.3, -0.25) is 4.79 Å². The van der Waals surface area contributed by atoms with Gasteiger partial charge in [-0.25, -0.2) is 4.98 Å². The van der Waals surface area contributed by atoms with Crippen LogP contribution in [0.5, 0.6) is 0 Å². The first kappa shape index (κ1) is 13.5.